The van der Waals surface area contributed by atoms with Crippen LogP contribution in [0.4, 0.5) is 5.13 Å². The molecule has 0 aliphatic carbocycles. The third-order valence-electron chi connectivity index (χ3n) is 3.66. The van der Waals surface area contributed by atoms with Crippen LogP contribution in [0, 0.1) is 6.92 Å². The SMILES string of the molecule is Cc1cccc(-c2nnc(-c3ccc(C(=O)Nc4nncs4)cc3)o2)c1. The minimum Gasteiger partial charge on any atom is -0.416 e. The minimum atomic E-state index is -0.251. The number of nitrogens with zero attached hydrogens (tertiary/aromatic N) is 4. The molecule has 0 saturated carbocycles. The molecule has 0 unspecified atom stereocenters. The Balaban J connectivity index is 1.53. The predicted octanol–water partition coefficient (Wildman–Crippen LogP) is 3.82. The van der Waals surface area contributed by atoms with Gasteiger partial charge in [-0.25, -0.2) is 0 Å². The van der Waals surface area contributed by atoms with E-state index in [1.165, 1.54) is 11.3 Å². The number of anilines is 1. The van der Waals surface area contributed by atoms with Crippen molar-refractivity contribution in [3.8, 4) is 22.9 Å². The van der Waals surface area contributed by atoms with Gasteiger partial charge in [0.2, 0.25) is 16.9 Å². The monoisotopic (exact) mass is 363 g/mol. The van der Waals surface area contributed by atoms with Gasteiger partial charge in [0, 0.05) is 16.7 Å². The molecule has 128 valence electrons. The van der Waals surface area contributed by atoms with Crippen LogP contribution in [0.2, 0.25) is 0 Å². The first-order valence-corrected chi connectivity index (χ1v) is 8.65. The number of aromatic nitrogens is 4. The fraction of sp³-hybridized carbons (Fsp3) is 0.0556. The topological polar surface area (TPSA) is 93.8 Å². The van der Waals surface area contributed by atoms with Gasteiger partial charge in [-0.1, -0.05) is 29.0 Å². The standard InChI is InChI=1S/C18H13N5O2S/c1-11-3-2-4-14(9-11)17-22-21-16(25-17)13-7-5-12(6-8-13)15(24)20-18-23-19-10-26-18/h2-10H,1H3,(H,20,23,24). The van der Waals surface area contributed by atoms with E-state index >= 15 is 0 Å². The molecule has 0 fully saturated rings. The summed E-state index contributed by atoms with van der Waals surface area (Å²) in [5.74, 6) is 0.610. The molecule has 0 radical (unpaired) electrons. The first-order valence-electron chi connectivity index (χ1n) is 7.77. The Labute approximate surface area is 152 Å². The van der Waals surface area contributed by atoms with Crippen LogP contribution in [0.3, 0.4) is 0 Å². The number of hydrogen-bond acceptors (Lipinski definition) is 7. The largest absolute Gasteiger partial charge is 0.416 e. The van der Waals surface area contributed by atoms with Gasteiger partial charge in [0.25, 0.3) is 5.91 Å². The second-order valence-electron chi connectivity index (χ2n) is 5.56. The fourth-order valence-electron chi connectivity index (χ4n) is 2.40. The summed E-state index contributed by atoms with van der Waals surface area (Å²) < 4.78 is 5.76. The van der Waals surface area contributed by atoms with Crippen molar-refractivity contribution < 1.29 is 9.21 Å². The van der Waals surface area contributed by atoms with Gasteiger partial charge in [0.15, 0.2) is 0 Å². The molecule has 26 heavy (non-hydrogen) atoms. The van der Waals surface area contributed by atoms with Crippen molar-refractivity contribution in [1.29, 1.82) is 0 Å². The fourth-order valence-corrected chi connectivity index (χ4v) is 2.84. The van der Waals surface area contributed by atoms with Gasteiger partial charge in [-0.15, -0.1) is 20.4 Å². The molecule has 8 heteroatoms. The molecule has 7 nitrogen and oxygen atoms in total. The van der Waals surface area contributed by atoms with E-state index in [1.807, 2.05) is 31.2 Å². The summed E-state index contributed by atoms with van der Waals surface area (Å²) in [6, 6.07) is 14.8. The van der Waals surface area contributed by atoms with E-state index in [2.05, 4.69) is 25.7 Å². The quantitative estimate of drug-likeness (QED) is 0.592. The summed E-state index contributed by atoms with van der Waals surface area (Å²) in [6.45, 7) is 2.01. The molecule has 0 atom stereocenters. The van der Waals surface area contributed by atoms with E-state index < -0.39 is 0 Å². The lowest BCUT2D eigenvalue weighted by molar-refractivity contribution is 0.102. The third kappa shape index (κ3) is 3.35. The maximum atomic E-state index is 12.2. The predicted molar refractivity (Wildman–Crippen MR) is 97.8 cm³/mol. The number of rotatable bonds is 4. The molecule has 4 aromatic rings. The van der Waals surface area contributed by atoms with Crippen LogP contribution in [-0.2, 0) is 0 Å². The summed E-state index contributed by atoms with van der Waals surface area (Å²) in [5.41, 5.74) is 4.79. The van der Waals surface area contributed by atoms with Crippen LogP contribution in [0.5, 0.6) is 0 Å². The minimum absolute atomic E-state index is 0.251. The van der Waals surface area contributed by atoms with Crippen molar-refractivity contribution in [3.63, 3.8) is 0 Å². The maximum absolute atomic E-state index is 12.2. The average molecular weight is 363 g/mol. The highest BCUT2D eigenvalue weighted by Crippen LogP contribution is 2.24. The van der Waals surface area contributed by atoms with Gasteiger partial charge in [0.05, 0.1) is 0 Å². The van der Waals surface area contributed by atoms with E-state index in [0.29, 0.717) is 22.5 Å². The Morgan fingerprint density at radius 3 is 2.46 bits per heavy atom. The lowest BCUT2D eigenvalue weighted by Crippen LogP contribution is -2.11. The van der Waals surface area contributed by atoms with E-state index in [1.54, 1.807) is 29.8 Å². The molecular formula is C18H13N5O2S. The molecule has 2 heterocycles. The lowest BCUT2D eigenvalue weighted by Gasteiger charge is -2.02. The van der Waals surface area contributed by atoms with E-state index in [0.717, 1.165) is 16.7 Å². The maximum Gasteiger partial charge on any atom is 0.257 e. The Morgan fingerprint density at radius 2 is 1.77 bits per heavy atom. The molecule has 0 spiro atoms. The smallest absolute Gasteiger partial charge is 0.257 e. The Bertz CT molecular complexity index is 1040. The number of amides is 1. The first-order chi connectivity index (χ1) is 12.7. The highest BCUT2D eigenvalue weighted by atomic mass is 32.1. The second kappa shape index (κ2) is 6.85. The number of aryl methyl sites for hydroxylation is 1. The number of benzene rings is 2. The van der Waals surface area contributed by atoms with Gasteiger partial charge in [-0.05, 0) is 43.3 Å². The zero-order valence-electron chi connectivity index (χ0n) is 13.7. The first kappa shape index (κ1) is 16.1. The molecule has 1 amide bonds. The molecule has 0 bridgehead atoms. The summed E-state index contributed by atoms with van der Waals surface area (Å²) in [7, 11) is 0. The van der Waals surface area contributed by atoms with Gasteiger partial charge < -0.3 is 4.42 Å². The van der Waals surface area contributed by atoms with Crippen LogP contribution in [0.1, 0.15) is 15.9 Å². The number of carbonyl (C=O) groups excluding carboxylic acids is 1. The number of carbonyl (C=O) groups is 1. The summed E-state index contributed by atoms with van der Waals surface area (Å²) in [5, 5.41) is 18.8. The van der Waals surface area contributed by atoms with Crippen molar-refractivity contribution in [2.75, 3.05) is 5.32 Å². The van der Waals surface area contributed by atoms with Gasteiger partial charge in [-0.2, -0.15) is 0 Å². The van der Waals surface area contributed by atoms with Crippen molar-refractivity contribution in [3.05, 3.63) is 65.2 Å². The zero-order valence-corrected chi connectivity index (χ0v) is 14.5. The second-order valence-corrected chi connectivity index (χ2v) is 6.39. The van der Waals surface area contributed by atoms with Crippen molar-refractivity contribution >= 4 is 22.4 Å². The number of nitrogens with one attached hydrogen (secondary N) is 1. The van der Waals surface area contributed by atoms with Crippen LogP contribution >= 0.6 is 11.3 Å². The van der Waals surface area contributed by atoms with E-state index in [9.17, 15) is 4.79 Å². The highest BCUT2D eigenvalue weighted by Gasteiger charge is 2.12. The molecule has 0 aliphatic rings. The van der Waals surface area contributed by atoms with Crippen LogP contribution < -0.4 is 5.32 Å². The molecule has 0 saturated heterocycles. The van der Waals surface area contributed by atoms with Crippen LogP contribution in [-0.4, -0.2) is 26.3 Å². The average Bonchev–Trinajstić information content (AvgIpc) is 3.34. The molecule has 2 aromatic heterocycles. The molecular weight excluding hydrogens is 350 g/mol. The summed E-state index contributed by atoms with van der Waals surface area (Å²) in [6.07, 6.45) is 0. The molecule has 1 N–H and O–H groups in total. The summed E-state index contributed by atoms with van der Waals surface area (Å²) >= 11 is 1.26. The van der Waals surface area contributed by atoms with E-state index in [-0.39, 0.29) is 5.91 Å². The van der Waals surface area contributed by atoms with Crippen molar-refractivity contribution in [1.82, 2.24) is 20.4 Å². The Kier molecular flexibility index (Phi) is 4.24. The van der Waals surface area contributed by atoms with Gasteiger partial charge in [-0.3, -0.25) is 10.1 Å². The van der Waals surface area contributed by atoms with Gasteiger partial charge >= 0.3 is 0 Å². The van der Waals surface area contributed by atoms with Gasteiger partial charge in [0.1, 0.15) is 5.51 Å². The number of hydrogen-bond donors (Lipinski definition) is 1. The Hall–Kier alpha value is -3.39. The Morgan fingerprint density at radius 1 is 1.00 bits per heavy atom. The zero-order chi connectivity index (χ0) is 17.9. The van der Waals surface area contributed by atoms with Crippen LogP contribution in [0.15, 0.2) is 58.5 Å². The van der Waals surface area contributed by atoms with Crippen molar-refractivity contribution in [2.45, 2.75) is 6.92 Å². The lowest BCUT2D eigenvalue weighted by atomic mass is 10.1. The van der Waals surface area contributed by atoms with Crippen LogP contribution in [0.25, 0.3) is 22.9 Å². The molecule has 0 aliphatic heterocycles. The molecule has 2 aromatic carbocycles. The summed E-state index contributed by atoms with van der Waals surface area (Å²) in [4.78, 5) is 12.2. The normalized spacial score (nSPS) is 10.7. The highest BCUT2D eigenvalue weighted by molar-refractivity contribution is 7.13. The third-order valence-corrected chi connectivity index (χ3v) is 4.27. The van der Waals surface area contributed by atoms with Crippen molar-refractivity contribution in [2.24, 2.45) is 0 Å². The molecule has 4 rings (SSSR count). The van der Waals surface area contributed by atoms with E-state index in [4.69, 9.17) is 4.42 Å².